The summed E-state index contributed by atoms with van der Waals surface area (Å²) in [4.78, 5) is 25.2. The number of rotatable bonds is 18. The number of carboxylic acid groups (broad SMARTS) is 1. The highest BCUT2D eigenvalue weighted by atomic mass is 16.4. The Labute approximate surface area is 242 Å². The molecule has 0 amide bonds. The minimum atomic E-state index is -1.19. The Morgan fingerprint density at radius 1 is 0.950 bits per heavy atom. The van der Waals surface area contributed by atoms with E-state index in [1.165, 1.54) is 11.1 Å². The number of aromatic hydroxyl groups is 1. The van der Waals surface area contributed by atoms with Crippen LogP contribution in [-0.2, 0) is 11.2 Å². The Morgan fingerprint density at radius 2 is 1.57 bits per heavy atom. The Balaban J connectivity index is 2.86. The van der Waals surface area contributed by atoms with Crippen molar-refractivity contribution in [1.82, 2.24) is 0 Å². The van der Waals surface area contributed by atoms with Crippen molar-refractivity contribution in [2.75, 3.05) is 0 Å². The van der Waals surface area contributed by atoms with Crippen LogP contribution in [0.2, 0.25) is 0 Å². The number of allylic oxidation sites excluding steroid dienone is 4. The number of ketones is 1. The summed E-state index contributed by atoms with van der Waals surface area (Å²) in [5.74, 6) is -3.16. The second kappa shape index (κ2) is 17.4. The average molecular weight is 559 g/mol. The Morgan fingerprint density at radius 3 is 2.10 bits per heavy atom. The number of carboxylic acids is 1. The number of hydrogen-bond donors (Lipinski definition) is 4. The third kappa shape index (κ3) is 9.88. The van der Waals surface area contributed by atoms with Gasteiger partial charge in [-0.05, 0) is 88.2 Å². The highest BCUT2D eigenvalue weighted by molar-refractivity contribution is 5.93. The third-order valence-corrected chi connectivity index (χ3v) is 8.69. The van der Waals surface area contributed by atoms with Crippen LogP contribution in [0.3, 0.4) is 0 Å². The van der Waals surface area contributed by atoms with Gasteiger partial charge in [0.25, 0.3) is 0 Å². The molecule has 1 rings (SSSR count). The minimum absolute atomic E-state index is 0.0853. The number of carbonyl (C=O) groups is 2. The molecular formula is C34H54O6. The zero-order valence-corrected chi connectivity index (χ0v) is 26.0. The first kappa shape index (κ1) is 35.6. The molecule has 6 atom stereocenters. The second-order valence-corrected chi connectivity index (χ2v) is 11.5. The molecule has 0 aliphatic heterocycles. The molecule has 1 aromatic carbocycles. The van der Waals surface area contributed by atoms with Crippen LogP contribution in [0.5, 0.6) is 5.75 Å². The third-order valence-electron chi connectivity index (χ3n) is 8.69. The molecule has 0 bridgehead atoms. The summed E-state index contributed by atoms with van der Waals surface area (Å²) >= 11 is 0. The molecule has 0 heterocycles. The van der Waals surface area contributed by atoms with Crippen LogP contribution in [0, 0.1) is 30.6 Å². The normalized spacial score (nSPS) is 17.1. The molecule has 1 unspecified atom stereocenters. The number of phenols is 1. The van der Waals surface area contributed by atoms with Gasteiger partial charge in [0.1, 0.15) is 17.1 Å². The van der Waals surface area contributed by atoms with Crippen LogP contribution in [0.25, 0.3) is 0 Å². The van der Waals surface area contributed by atoms with Crippen molar-refractivity contribution in [3.8, 4) is 5.75 Å². The number of Topliss-reactive ketones (excluding diaryl/α,β-unsaturated/α-hetero) is 1. The molecule has 1 aromatic rings. The van der Waals surface area contributed by atoms with E-state index < -0.39 is 30.0 Å². The van der Waals surface area contributed by atoms with Crippen LogP contribution in [0.4, 0.5) is 0 Å². The molecule has 0 saturated carbocycles. The lowest BCUT2D eigenvalue weighted by Crippen LogP contribution is -2.41. The van der Waals surface area contributed by atoms with E-state index in [4.69, 9.17) is 0 Å². The fourth-order valence-electron chi connectivity index (χ4n) is 5.64. The molecule has 40 heavy (non-hydrogen) atoms. The monoisotopic (exact) mass is 558 g/mol. The van der Waals surface area contributed by atoms with Gasteiger partial charge in [0.2, 0.25) is 0 Å². The van der Waals surface area contributed by atoms with Gasteiger partial charge in [-0.2, -0.15) is 0 Å². The van der Waals surface area contributed by atoms with Crippen LogP contribution in [0.1, 0.15) is 115 Å². The van der Waals surface area contributed by atoms with Crippen molar-refractivity contribution in [3.63, 3.8) is 0 Å². The molecule has 6 heteroatoms. The Hall–Kier alpha value is -2.44. The lowest BCUT2D eigenvalue weighted by molar-refractivity contribution is -0.136. The molecule has 226 valence electrons. The van der Waals surface area contributed by atoms with Crippen molar-refractivity contribution >= 4 is 11.8 Å². The molecule has 0 radical (unpaired) electrons. The zero-order valence-electron chi connectivity index (χ0n) is 26.0. The molecule has 0 aliphatic rings. The van der Waals surface area contributed by atoms with Crippen LogP contribution < -0.4 is 0 Å². The van der Waals surface area contributed by atoms with Gasteiger partial charge in [-0.15, -0.1) is 0 Å². The van der Waals surface area contributed by atoms with Gasteiger partial charge in [0.15, 0.2) is 0 Å². The molecule has 0 spiro atoms. The zero-order chi connectivity index (χ0) is 30.6. The van der Waals surface area contributed by atoms with Gasteiger partial charge < -0.3 is 20.4 Å². The van der Waals surface area contributed by atoms with Crippen molar-refractivity contribution in [3.05, 3.63) is 52.1 Å². The van der Waals surface area contributed by atoms with E-state index in [1.54, 1.807) is 26.0 Å². The van der Waals surface area contributed by atoms with E-state index in [9.17, 15) is 30.0 Å². The molecular weight excluding hydrogens is 504 g/mol. The van der Waals surface area contributed by atoms with Gasteiger partial charge >= 0.3 is 5.97 Å². The predicted molar refractivity (Wildman–Crippen MR) is 163 cm³/mol. The van der Waals surface area contributed by atoms with E-state index >= 15 is 0 Å². The van der Waals surface area contributed by atoms with Crippen LogP contribution in [-0.4, -0.2) is 44.4 Å². The number of aryl methyl sites for hydroxylation is 2. The first-order chi connectivity index (χ1) is 18.8. The van der Waals surface area contributed by atoms with Gasteiger partial charge in [0, 0.05) is 11.8 Å². The fraction of sp³-hybridized carbons (Fsp3) is 0.647. The average Bonchev–Trinajstić information content (AvgIpc) is 2.93. The number of carbonyl (C=O) groups excluding carboxylic acids is 1. The van der Waals surface area contributed by atoms with Gasteiger partial charge in [-0.25, -0.2) is 4.79 Å². The van der Waals surface area contributed by atoms with Gasteiger partial charge in [-0.1, -0.05) is 77.0 Å². The molecule has 4 N–H and O–H groups in total. The SMILES string of the molecule is C/C=C(/CC)CC/C=C(\CC)C[C@@H](C)C(O)[C@@H](CC)C(=O)[C@@H](C)[C@@H](O)[C@H](C)CCc1ccc(C)c(O)c1C(=O)O. The number of aliphatic hydroxyl groups excluding tert-OH is 2. The van der Waals surface area contributed by atoms with Crippen LogP contribution >= 0.6 is 0 Å². The van der Waals surface area contributed by atoms with E-state index in [2.05, 4.69) is 32.9 Å². The van der Waals surface area contributed by atoms with Crippen molar-refractivity contribution in [2.24, 2.45) is 23.7 Å². The summed E-state index contributed by atoms with van der Waals surface area (Å²) in [5, 5.41) is 42.1. The summed E-state index contributed by atoms with van der Waals surface area (Å²) in [6.45, 7) is 15.5. The smallest absolute Gasteiger partial charge is 0.339 e. The van der Waals surface area contributed by atoms with E-state index in [-0.39, 0.29) is 28.9 Å². The summed E-state index contributed by atoms with van der Waals surface area (Å²) in [5.41, 5.74) is 3.62. The van der Waals surface area contributed by atoms with Crippen molar-refractivity contribution in [2.45, 2.75) is 119 Å². The topological polar surface area (TPSA) is 115 Å². The van der Waals surface area contributed by atoms with Gasteiger partial charge in [0.05, 0.1) is 12.2 Å². The Bertz CT molecular complexity index is 1020. The Kier molecular flexibility index (Phi) is 15.5. The largest absolute Gasteiger partial charge is 0.507 e. The summed E-state index contributed by atoms with van der Waals surface area (Å²) in [6.07, 6.45) is 8.76. The summed E-state index contributed by atoms with van der Waals surface area (Å²) in [7, 11) is 0. The maximum Gasteiger partial charge on any atom is 0.339 e. The van der Waals surface area contributed by atoms with Crippen LogP contribution in [0.15, 0.2) is 35.4 Å². The molecule has 6 nitrogen and oxygen atoms in total. The van der Waals surface area contributed by atoms with E-state index in [1.807, 2.05) is 20.8 Å². The molecule has 0 fully saturated rings. The maximum atomic E-state index is 13.5. The van der Waals surface area contributed by atoms with Crippen molar-refractivity contribution in [1.29, 1.82) is 0 Å². The first-order valence-corrected chi connectivity index (χ1v) is 15.1. The summed E-state index contributed by atoms with van der Waals surface area (Å²) < 4.78 is 0. The molecule has 0 aliphatic carbocycles. The van der Waals surface area contributed by atoms with Gasteiger partial charge in [-0.3, -0.25) is 4.79 Å². The van der Waals surface area contributed by atoms with E-state index in [0.717, 1.165) is 32.1 Å². The number of aliphatic hydroxyl groups is 2. The second-order valence-electron chi connectivity index (χ2n) is 11.5. The fourth-order valence-corrected chi connectivity index (χ4v) is 5.64. The molecule has 0 aromatic heterocycles. The maximum absolute atomic E-state index is 13.5. The quantitative estimate of drug-likeness (QED) is 0.139. The lowest BCUT2D eigenvalue weighted by Gasteiger charge is -2.31. The first-order valence-electron chi connectivity index (χ1n) is 15.1. The highest BCUT2D eigenvalue weighted by Crippen LogP contribution is 2.31. The minimum Gasteiger partial charge on any atom is -0.507 e. The number of hydrogen-bond acceptors (Lipinski definition) is 5. The molecule has 0 saturated heterocycles. The predicted octanol–water partition coefficient (Wildman–Crippen LogP) is 7.42. The summed E-state index contributed by atoms with van der Waals surface area (Å²) in [6, 6.07) is 3.38. The highest BCUT2D eigenvalue weighted by Gasteiger charge is 2.36. The number of aromatic carboxylic acids is 1. The number of benzene rings is 1. The van der Waals surface area contributed by atoms with E-state index in [0.29, 0.717) is 30.4 Å². The standard InChI is InChI=1S/C34H54O6/c1-9-25(10-2)14-13-15-26(11-3)20-23(7)31(36)28(12-4)33(38)24(8)30(35)21(5)16-18-27-19-17-22(6)32(37)29(27)34(39)40/h9,15,17,19,21,23-24,28,30-31,35-37H,10-14,16,18,20H2,1-8H3,(H,39,40)/b25-9-,26-15+/t21-,23-,24+,28-,30+,31?/m1/s1. The van der Waals surface area contributed by atoms with Crippen molar-refractivity contribution < 1.29 is 30.0 Å². The lowest BCUT2D eigenvalue weighted by atomic mass is 9.77.